The third kappa shape index (κ3) is 3.50. The molecule has 0 spiro atoms. The average molecular weight is 286 g/mol. The van der Waals surface area contributed by atoms with Crippen LogP contribution in [0.15, 0.2) is 47.6 Å². The highest BCUT2D eigenvalue weighted by atomic mass is 16.5. The second kappa shape index (κ2) is 6.42. The zero-order valence-corrected chi connectivity index (χ0v) is 11.3. The normalized spacial score (nSPS) is 10.5. The summed E-state index contributed by atoms with van der Waals surface area (Å²) in [4.78, 5) is 11.8. The summed E-state index contributed by atoms with van der Waals surface area (Å²) in [6.45, 7) is 0. The molecule has 0 aliphatic carbocycles. The molecule has 0 aliphatic heterocycles. The number of carbonyl (C=O) groups excluding carboxylic acids is 1. The Balaban J connectivity index is 2.06. The van der Waals surface area contributed by atoms with Crippen molar-refractivity contribution in [3.05, 3.63) is 53.6 Å². The molecule has 21 heavy (non-hydrogen) atoms. The molecule has 2 aromatic rings. The number of aromatic hydroxyl groups is 2. The Bertz CT molecular complexity index is 683. The van der Waals surface area contributed by atoms with Gasteiger partial charge in [-0.1, -0.05) is 12.1 Å². The fourth-order valence-electron chi connectivity index (χ4n) is 1.67. The van der Waals surface area contributed by atoms with Gasteiger partial charge in [0.25, 0.3) is 5.91 Å². The minimum Gasteiger partial charge on any atom is -0.507 e. The Morgan fingerprint density at radius 2 is 1.95 bits per heavy atom. The van der Waals surface area contributed by atoms with Gasteiger partial charge >= 0.3 is 0 Å². The lowest BCUT2D eigenvalue weighted by Gasteiger charge is -2.04. The van der Waals surface area contributed by atoms with Crippen molar-refractivity contribution in [3.63, 3.8) is 0 Å². The van der Waals surface area contributed by atoms with Crippen LogP contribution < -0.4 is 10.2 Å². The summed E-state index contributed by atoms with van der Waals surface area (Å²) in [7, 11) is 1.44. The number of amides is 1. The molecule has 108 valence electrons. The van der Waals surface area contributed by atoms with E-state index in [1.165, 1.54) is 31.5 Å². The van der Waals surface area contributed by atoms with E-state index in [2.05, 4.69) is 10.5 Å². The van der Waals surface area contributed by atoms with Crippen molar-refractivity contribution >= 4 is 12.1 Å². The summed E-state index contributed by atoms with van der Waals surface area (Å²) in [6.07, 6.45) is 1.40. The molecule has 0 saturated carbocycles. The predicted molar refractivity (Wildman–Crippen MR) is 77.8 cm³/mol. The number of phenols is 2. The SMILES string of the molecule is COc1cc(C=NNC(=O)c2ccccc2O)ccc1O. The number of carbonyl (C=O) groups is 1. The molecular formula is C15H14N2O4. The molecule has 6 heteroatoms. The molecule has 0 heterocycles. The van der Waals surface area contributed by atoms with Crippen LogP contribution in [0.5, 0.6) is 17.2 Å². The zero-order chi connectivity index (χ0) is 15.2. The van der Waals surface area contributed by atoms with Crippen LogP contribution in [0.2, 0.25) is 0 Å². The van der Waals surface area contributed by atoms with Gasteiger partial charge in [-0.25, -0.2) is 5.43 Å². The molecule has 1 amide bonds. The fourth-order valence-corrected chi connectivity index (χ4v) is 1.67. The minimum atomic E-state index is -0.518. The van der Waals surface area contributed by atoms with E-state index in [1.54, 1.807) is 24.3 Å². The third-order valence-electron chi connectivity index (χ3n) is 2.73. The van der Waals surface area contributed by atoms with Crippen LogP contribution in [0.1, 0.15) is 15.9 Å². The molecule has 0 unspecified atom stereocenters. The summed E-state index contributed by atoms with van der Waals surface area (Å²) in [6, 6.07) is 10.8. The van der Waals surface area contributed by atoms with Gasteiger partial charge in [-0.3, -0.25) is 4.79 Å². The van der Waals surface area contributed by atoms with Crippen molar-refractivity contribution < 1.29 is 19.7 Å². The standard InChI is InChI=1S/C15H14N2O4/c1-21-14-8-10(6-7-13(14)19)9-16-17-15(20)11-4-2-3-5-12(11)18/h2-9,18-19H,1H3,(H,17,20). The maximum absolute atomic E-state index is 11.8. The first kappa shape index (κ1) is 14.4. The third-order valence-corrected chi connectivity index (χ3v) is 2.73. The molecule has 0 radical (unpaired) electrons. The Hall–Kier alpha value is -3.02. The molecule has 3 N–H and O–H groups in total. The van der Waals surface area contributed by atoms with E-state index in [1.807, 2.05) is 0 Å². The number of hydrogen-bond donors (Lipinski definition) is 3. The summed E-state index contributed by atoms with van der Waals surface area (Å²) >= 11 is 0. The van der Waals surface area contributed by atoms with Crippen LogP contribution in [0.4, 0.5) is 0 Å². The number of ether oxygens (including phenoxy) is 1. The molecule has 2 rings (SSSR count). The lowest BCUT2D eigenvalue weighted by molar-refractivity contribution is 0.0952. The topological polar surface area (TPSA) is 91.2 Å². The first-order valence-electron chi connectivity index (χ1n) is 6.10. The Kier molecular flexibility index (Phi) is 4.40. The van der Waals surface area contributed by atoms with Gasteiger partial charge in [0, 0.05) is 0 Å². The van der Waals surface area contributed by atoms with Gasteiger partial charge in [0.1, 0.15) is 5.75 Å². The minimum absolute atomic E-state index is 0.0212. The largest absolute Gasteiger partial charge is 0.507 e. The fraction of sp³-hybridized carbons (Fsp3) is 0.0667. The number of hydrazone groups is 1. The number of rotatable bonds is 4. The number of methoxy groups -OCH3 is 1. The number of benzene rings is 2. The van der Waals surface area contributed by atoms with Gasteiger partial charge in [-0.2, -0.15) is 5.10 Å². The summed E-state index contributed by atoms with van der Waals surface area (Å²) in [5.74, 6) is -0.300. The monoisotopic (exact) mass is 286 g/mol. The molecule has 0 aromatic heterocycles. The van der Waals surface area contributed by atoms with Gasteiger partial charge in [0.2, 0.25) is 0 Å². The van der Waals surface area contributed by atoms with Gasteiger partial charge in [-0.15, -0.1) is 0 Å². The average Bonchev–Trinajstić information content (AvgIpc) is 2.49. The van der Waals surface area contributed by atoms with Crippen molar-refractivity contribution in [1.82, 2.24) is 5.43 Å². The molecule has 6 nitrogen and oxygen atoms in total. The highest BCUT2D eigenvalue weighted by Crippen LogP contribution is 2.25. The van der Waals surface area contributed by atoms with Gasteiger partial charge in [-0.05, 0) is 35.9 Å². The molecule has 0 fully saturated rings. The van der Waals surface area contributed by atoms with E-state index in [9.17, 15) is 15.0 Å². The molecule has 0 aliphatic rings. The number of phenolic OH excluding ortho intramolecular Hbond substituents is 2. The lowest BCUT2D eigenvalue weighted by Crippen LogP contribution is -2.17. The van der Waals surface area contributed by atoms with Gasteiger partial charge in [0.15, 0.2) is 11.5 Å². The first-order valence-corrected chi connectivity index (χ1v) is 6.10. The van der Waals surface area contributed by atoms with E-state index in [0.29, 0.717) is 11.3 Å². The van der Waals surface area contributed by atoms with Crippen LogP contribution in [0.25, 0.3) is 0 Å². The van der Waals surface area contributed by atoms with E-state index in [-0.39, 0.29) is 17.1 Å². The first-order chi connectivity index (χ1) is 10.1. The van der Waals surface area contributed by atoms with E-state index in [0.717, 1.165) is 0 Å². The van der Waals surface area contributed by atoms with Crippen LogP contribution >= 0.6 is 0 Å². The maximum Gasteiger partial charge on any atom is 0.275 e. The van der Waals surface area contributed by atoms with Crippen molar-refractivity contribution in [2.24, 2.45) is 5.10 Å². The maximum atomic E-state index is 11.8. The van der Waals surface area contributed by atoms with E-state index < -0.39 is 5.91 Å². The van der Waals surface area contributed by atoms with Gasteiger partial charge in [0.05, 0.1) is 18.9 Å². The lowest BCUT2D eigenvalue weighted by atomic mass is 10.2. The molecule has 0 saturated heterocycles. The highest BCUT2D eigenvalue weighted by Gasteiger charge is 2.08. The molecule has 0 atom stereocenters. The number of hydrogen-bond acceptors (Lipinski definition) is 5. The van der Waals surface area contributed by atoms with Crippen LogP contribution in [-0.2, 0) is 0 Å². The van der Waals surface area contributed by atoms with Crippen LogP contribution in [0.3, 0.4) is 0 Å². The van der Waals surface area contributed by atoms with E-state index >= 15 is 0 Å². The molecule has 2 aromatic carbocycles. The molecule has 0 bridgehead atoms. The summed E-state index contributed by atoms with van der Waals surface area (Å²) in [5.41, 5.74) is 3.09. The smallest absolute Gasteiger partial charge is 0.275 e. The number of para-hydroxylation sites is 1. The second-order valence-electron chi connectivity index (χ2n) is 4.15. The number of nitrogens with zero attached hydrogens (tertiary/aromatic N) is 1. The second-order valence-corrected chi connectivity index (χ2v) is 4.15. The molecular weight excluding hydrogens is 272 g/mol. The van der Waals surface area contributed by atoms with Gasteiger partial charge < -0.3 is 14.9 Å². The van der Waals surface area contributed by atoms with Crippen molar-refractivity contribution in [2.45, 2.75) is 0 Å². The Morgan fingerprint density at radius 1 is 1.19 bits per heavy atom. The number of nitrogens with one attached hydrogen (secondary N) is 1. The zero-order valence-electron chi connectivity index (χ0n) is 11.3. The van der Waals surface area contributed by atoms with Crippen molar-refractivity contribution in [2.75, 3.05) is 7.11 Å². The summed E-state index contributed by atoms with van der Waals surface area (Å²) < 4.78 is 4.97. The van der Waals surface area contributed by atoms with Crippen molar-refractivity contribution in [3.8, 4) is 17.2 Å². The van der Waals surface area contributed by atoms with E-state index in [4.69, 9.17) is 4.74 Å². The predicted octanol–water partition coefficient (Wildman–Crippen LogP) is 1.87. The summed E-state index contributed by atoms with van der Waals surface area (Å²) in [5, 5.41) is 22.8. The highest BCUT2D eigenvalue weighted by molar-refractivity contribution is 5.97. The quantitative estimate of drug-likeness (QED) is 0.591. The Morgan fingerprint density at radius 3 is 2.67 bits per heavy atom. The van der Waals surface area contributed by atoms with Crippen LogP contribution in [-0.4, -0.2) is 29.4 Å². The van der Waals surface area contributed by atoms with Crippen LogP contribution in [0, 0.1) is 0 Å². The Labute approximate surface area is 121 Å². The van der Waals surface area contributed by atoms with Crippen molar-refractivity contribution in [1.29, 1.82) is 0 Å².